The molecule has 1 rings (SSSR count). The Balaban J connectivity index is 3.03. The summed E-state index contributed by atoms with van der Waals surface area (Å²) in [7, 11) is 0. The monoisotopic (exact) mass is 241 g/mol. The summed E-state index contributed by atoms with van der Waals surface area (Å²) < 4.78 is 5.93. The molecule has 1 fully saturated rings. The second-order valence-corrected chi connectivity index (χ2v) is 8.36. The molecular weight excluding hydrogens is 210 g/mol. The van der Waals surface area contributed by atoms with E-state index in [1.54, 1.807) is 0 Å². The van der Waals surface area contributed by atoms with Crippen LogP contribution >= 0.6 is 0 Å². The smallest absolute Gasteiger partial charge is 0.0627 e. The molecule has 1 atom stereocenters. The normalized spacial score (nSPS) is 27.9. The van der Waals surface area contributed by atoms with Crippen molar-refractivity contribution < 1.29 is 4.74 Å². The Kier molecular flexibility index (Phi) is 4.01. The van der Waals surface area contributed by atoms with Crippen LogP contribution in [-0.4, -0.2) is 36.2 Å². The molecule has 102 valence electrons. The van der Waals surface area contributed by atoms with Crippen LogP contribution in [0.2, 0.25) is 0 Å². The quantitative estimate of drug-likeness (QED) is 0.643. The molecule has 1 aliphatic rings. The standard InChI is InChI=1S/C15H31NO/c1-13(2,3)12-9-17-11-15(7,8)10-16(12)14(4,5)6/h12H,9-11H2,1-8H3. The molecule has 0 saturated carbocycles. The van der Waals surface area contributed by atoms with Gasteiger partial charge in [-0.3, -0.25) is 4.90 Å². The van der Waals surface area contributed by atoms with Crippen LogP contribution in [0.25, 0.3) is 0 Å². The van der Waals surface area contributed by atoms with Crippen LogP contribution in [0.15, 0.2) is 0 Å². The summed E-state index contributed by atoms with van der Waals surface area (Å²) in [5.41, 5.74) is 0.698. The van der Waals surface area contributed by atoms with E-state index in [1.165, 1.54) is 0 Å². The summed E-state index contributed by atoms with van der Waals surface area (Å²) >= 11 is 0. The first-order chi connectivity index (χ1) is 7.43. The molecule has 0 aromatic heterocycles. The Bertz CT molecular complexity index is 257. The third-order valence-corrected chi connectivity index (χ3v) is 3.60. The Morgan fingerprint density at radius 2 is 1.59 bits per heavy atom. The summed E-state index contributed by atoms with van der Waals surface area (Å²) in [4.78, 5) is 2.64. The highest BCUT2D eigenvalue weighted by molar-refractivity contribution is 4.94. The largest absolute Gasteiger partial charge is 0.379 e. The van der Waals surface area contributed by atoms with E-state index in [0.29, 0.717) is 6.04 Å². The van der Waals surface area contributed by atoms with Crippen molar-refractivity contribution in [3.05, 3.63) is 0 Å². The summed E-state index contributed by atoms with van der Waals surface area (Å²) in [5.74, 6) is 0. The predicted octanol–water partition coefficient (Wildman–Crippen LogP) is 3.56. The van der Waals surface area contributed by atoms with Crippen LogP contribution in [-0.2, 0) is 4.74 Å². The van der Waals surface area contributed by atoms with Crippen molar-refractivity contribution >= 4 is 0 Å². The van der Waals surface area contributed by atoms with Gasteiger partial charge in [0.25, 0.3) is 0 Å². The van der Waals surface area contributed by atoms with E-state index in [0.717, 1.165) is 19.8 Å². The van der Waals surface area contributed by atoms with E-state index < -0.39 is 0 Å². The van der Waals surface area contributed by atoms with E-state index in [-0.39, 0.29) is 16.4 Å². The van der Waals surface area contributed by atoms with E-state index in [2.05, 4.69) is 60.3 Å². The van der Waals surface area contributed by atoms with Crippen molar-refractivity contribution in [1.29, 1.82) is 0 Å². The fourth-order valence-electron chi connectivity index (χ4n) is 2.58. The molecule has 0 aromatic carbocycles. The fraction of sp³-hybridized carbons (Fsp3) is 1.00. The van der Waals surface area contributed by atoms with Crippen LogP contribution in [0, 0.1) is 10.8 Å². The third-order valence-electron chi connectivity index (χ3n) is 3.60. The van der Waals surface area contributed by atoms with Crippen LogP contribution in [0.5, 0.6) is 0 Å². The van der Waals surface area contributed by atoms with Gasteiger partial charge in [-0.05, 0) is 26.2 Å². The maximum Gasteiger partial charge on any atom is 0.0627 e. The molecule has 17 heavy (non-hydrogen) atoms. The van der Waals surface area contributed by atoms with Crippen molar-refractivity contribution in [3.63, 3.8) is 0 Å². The molecule has 1 aliphatic heterocycles. The molecule has 0 spiro atoms. The lowest BCUT2D eigenvalue weighted by Crippen LogP contribution is -2.56. The summed E-state index contributed by atoms with van der Waals surface area (Å²) in [6.45, 7) is 21.3. The number of hydrogen-bond acceptors (Lipinski definition) is 2. The van der Waals surface area contributed by atoms with Crippen molar-refractivity contribution in [2.24, 2.45) is 10.8 Å². The van der Waals surface area contributed by atoms with Gasteiger partial charge in [-0.1, -0.05) is 34.6 Å². The lowest BCUT2D eigenvalue weighted by Gasteiger charge is -2.47. The minimum Gasteiger partial charge on any atom is -0.379 e. The molecule has 0 aliphatic carbocycles. The predicted molar refractivity (Wildman–Crippen MR) is 74.3 cm³/mol. The SMILES string of the molecule is CC1(C)COCC(C(C)(C)C)N(C(C)(C)C)C1. The van der Waals surface area contributed by atoms with Crippen molar-refractivity contribution in [3.8, 4) is 0 Å². The van der Waals surface area contributed by atoms with E-state index >= 15 is 0 Å². The number of hydrogen-bond donors (Lipinski definition) is 0. The van der Waals surface area contributed by atoms with Crippen LogP contribution < -0.4 is 0 Å². The van der Waals surface area contributed by atoms with Crippen LogP contribution in [0.3, 0.4) is 0 Å². The Labute approximate surface area is 108 Å². The van der Waals surface area contributed by atoms with Gasteiger partial charge in [0.05, 0.1) is 13.2 Å². The summed E-state index contributed by atoms with van der Waals surface area (Å²) in [5, 5.41) is 0. The first kappa shape index (κ1) is 15.0. The van der Waals surface area contributed by atoms with Gasteiger partial charge in [-0.2, -0.15) is 0 Å². The lowest BCUT2D eigenvalue weighted by molar-refractivity contribution is -0.00512. The molecule has 0 amide bonds. The maximum absolute atomic E-state index is 5.93. The third kappa shape index (κ3) is 3.96. The maximum atomic E-state index is 5.93. The molecule has 2 nitrogen and oxygen atoms in total. The van der Waals surface area contributed by atoms with E-state index in [9.17, 15) is 0 Å². The zero-order valence-corrected chi connectivity index (χ0v) is 13.1. The van der Waals surface area contributed by atoms with Gasteiger partial charge in [-0.25, -0.2) is 0 Å². The Morgan fingerprint density at radius 1 is 1.06 bits per heavy atom. The highest BCUT2D eigenvalue weighted by Gasteiger charge is 2.41. The lowest BCUT2D eigenvalue weighted by atomic mass is 9.82. The number of ether oxygens (including phenoxy) is 1. The van der Waals surface area contributed by atoms with Crippen molar-refractivity contribution in [2.75, 3.05) is 19.8 Å². The molecule has 0 bridgehead atoms. The first-order valence-corrected chi connectivity index (χ1v) is 6.78. The second-order valence-electron chi connectivity index (χ2n) is 8.36. The summed E-state index contributed by atoms with van der Waals surface area (Å²) in [6, 6.07) is 0.490. The summed E-state index contributed by atoms with van der Waals surface area (Å²) in [6.07, 6.45) is 0. The molecule has 0 N–H and O–H groups in total. The second kappa shape index (κ2) is 4.55. The van der Waals surface area contributed by atoms with Gasteiger partial charge in [0.15, 0.2) is 0 Å². The van der Waals surface area contributed by atoms with Gasteiger partial charge in [-0.15, -0.1) is 0 Å². The van der Waals surface area contributed by atoms with E-state index in [1.807, 2.05) is 0 Å². The van der Waals surface area contributed by atoms with Crippen LogP contribution in [0.1, 0.15) is 55.4 Å². The Hall–Kier alpha value is -0.0800. The molecule has 1 heterocycles. The van der Waals surface area contributed by atoms with Gasteiger partial charge in [0, 0.05) is 23.5 Å². The van der Waals surface area contributed by atoms with Gasteiger partial charge >= 0.3 is 0 Å². The van der Waals surface area contributed by atoms with Crippen LogP contribution in [0.4, 0.5) is 0 Å². The average Bonchev–Trinajstić information content (AvgIpc) is 2.20. The Morgan fingerprint density at radius 3 is 2.00 bits per heavy atom. The minimum atomic E-state index is 0.197. The first-order valence-electron chi connectivity index (χ1n) is 6.78. The zero-order chi connectivity index (χ0) is 13.5. The fourth-order valence-corrected chi connectivity index (χ4v) is 2.58. The highest BCUT2D eigenvalue weighted by atomic mass is 16.5. The van der Waals surface area contributed by atoms with Gasteiger partial charge in [0.2, 0.25) is 0 Å². The average molecular weight is 241 g/mol. The molecular formula is C15H31NO. The molecule has 2 heteroatoms. The van der Waals surface area contributed by atoms with Gasteiger partial charge in [0.1, 0.15) is 0 Å². The molecule has 0 aromatic rings. The topological polar surface area (TPSA) is 12.5 Å². The molecule has 1 saturated heterocycles. The van der Waals surface area contributed by atoms with Crippen molar-refractivity contribution in [2.45, 2.75) is 67.0 Å². The number of nitrogens with zero attached hydrogens (tertiary/aromatic N) is 1. The van der Waals surface area contributed by atoms with Gasteiger partial charge < -0.3 is 4.74 Å². The zero-order valence-electron chi connectivity index (χ0n) is 13.1. The number of rotatable bonds is 0. The molecule has 0 radical (unpaired) electrons. The van der Waals surface area contributed by atoms with Crippen molar-refractivity contribution in [1.82, 2.24) is 4.90 Å². The molecule has 1 unspecified atom stereocenters. The highest BCUT2D eigenvalue weighted by Crippen LogP contribution is 2.35. The van der Waals surface area contributed by atoms with E-state index in [4.69, 9.17) is 4.74 Å². The minimum absolute atomic E-state index is 0.197.